The molecule has 0 fully saturated rings. The molecule has 2 heterocycles. The Kier molecular flexibility index (Phi) is 2.96. The molecule has 19 heavy (non-hydrogen) atoms. The Labute approximate surface area is 113 Å². The minimum atomic E-state index is -0.314. The van der Waals surface area contributed by atoms with Crippen LogP contribution in [0.4, 0.5) is 4.39 Å². The van der Waals surface area contributed by atoms with Crippen molar-refractivity contribution < 1.29 is 9.13 Å². The van der Waals surface area contributed by atoms with Crippen molar-refractivity contribution in [2.45, 2.75) is 6.54 Å². The maximum absolute atomic E-state index is 13.4. The van der Waals surface area contributed by atoms with Crippen molar-refractivity contribution in [3.8, 4) is 17.0 Å². The van der Waals surface area contributed by atoms with E-state index in [-0.39, 0.29) is 5.82 Å². The largest absolute Gasteiger partial charge is 0.496 e. The first kappa shape index (κ1) is 12.1. The molecule has 0 radical (unpaired) electrons. The molecule has 0 aliphatic heterocycles. The van der Waals surface area contributed by atoms with E-state index >= 15 is 0 Å². The molecule has 0 aliphatic carbocycles. The lowest BCUT2D eigenvalue weighted by Crippen LogP contribution is -1.98. The highest BCUT2D eigenvalue weighted by atomic mass is 32.1. The van der Waals surface area contributed by atoms with Crippen LogP contribution in [-0.4, -0.2) is 16.5 Å². The summed E-state index contributed by atoms with van der Waals surface area (Å²) >= 11 is 1.51. The van der Waals surface area contributed by atoms with Crippen LogP contribution in [0, 0.1) is 5.82 Å². The molecule has 3 aromatic rings. The topological polar surface area (TPSA) is 52.5 Å². The van der Waals surface area contributed by atoms with Crippen LogP contribution in [0.5, 0.6) is 5.75 Å². The standard InChI is InChI=1S/C13H12FN3OS/c1-18-12-3-2-8(14)4-10(12)11-6-17-9(5-15)7-19-13(17)16-11/h2-4,6-7H,5,15H2,1H3. The molecule has 0 spiro atoms. The second-order valence-corrected chi connectivity index (χ2v) is 4.89. The maximum Gasteiger partial charge on any atom is 0.194 e. The van der Waals surface area contributed by atoms with Gasteiger partial charge >= 0.3 is 0 Å². The summed E-state index contributed by atoms with van der Waals surface area (Å²) < 4.78 is 20.6. The van der Waals surface area contributed by atoms with Gasteiger partial charge in [-0.2, -0.15) is 0 Å². The van der Waals surface area contributed by atoms with Crippen molar-refractivity contribution in [1.29, 1.82) is 0 Å². The van der Waals surface area contributed by atoms with Crippen LogP contribution in [0.2, 0.25) is 0 Å². The third-order valence-corrected chi connectivity index (χ3v) is 3.82. The fourth-order valence-corrected chi connectivity index (χ4v) is 2.87. The number of halogens is 1. The Hall–Kier alpha value is -1.92. The van der Waals surface area contributed by atoms with Crippen molar-refractivity contribution >= 4 is 16.3 Å². The fourth-order valence-electron chi connectivity index (χ4n) is 1.99. The molecule has 0 amide bonds. The van der Waals surface area contributed by atoms with Gasteiger partial charge in [-0.15, -0.1) is 11.3 Å². The molecule has 98 valence electrons. The number of ether oxygens (including phenoxy) is 1. The number of hydrogen-bond acceptors (Lipinski definition) is 4. The third kappa shape index (κ3) is 1.98. The molecule has 0 bridgehead atoms. The van der Waals surface area contributed by atoms with Gasteiger partial charge in [0.2, 0.25) is 0 Å². The average Bonchev–Trinajstić information content (AvgIpc) is 2.98. The van der Waals surface area contributed by atoms with E-state index in [9.17, 15) is 4.39 Å². The molecule has 3 rings (SSSR count). The second-order valence-electron chi connectivity index (χ2n) is 4.05. The SMILES string of the molecule is COc1ccc(F)cc1-c1cn2c(CN)csc2n1. The molecular weight excluding hydrogens is 265 g/mol. The molecule has 1 aromatic carbocycles. The lowest BCUT2D eigenvalue weighted by molar-refractivity contribution is 0.415. The number of nitrogens with two attached hydrogens (primary N) is 1. The smallest absolute Gasteiger partial charge is 0.194 e. The van der Waals surface area contributed by atoms with Crippen LogP contribution < -0.4 is 10.5 Å². The van der Waals surface area contributed by atoms with Crippen molar-refractivity contribution in [2.75, 3.05) is 7.11 Å². The monoisotopic (exact) mass is 277 g/mol. The minimum absolute atomic E-state index is 0.314. The van der Waals surface area contributed by atoms with Crippen LogP contribution in [0.1, 0.15) is 5.69 Å². The van der Waals surface area contributed by atoms with E-state index in [2.05, 4.69) is 4.98 Å². The van der Waals surface area contributed by atoms with Gasteiger partial charge in [0, 0.05) is 29.4 Å². The summed E-state index contributed by atoms with van der Waals surface area (Å²) in [6.07, 6.45) is 1.85. The highest BCUT2D eigenvalue weighted by Gasteiger charge is 2.13. The number of fused-ring (bicyclic) bond motifs is 1. The van der Waals surface area contributed by atoms with Gasteiger partial charge in [0.1, 0.15) is 11.6 Å². The summed E-state index contributed by atoms with van der Waals surface area (Å²) in [6, 6.07) is 4.39. The van der Waals surface area contributed by atoms with E-state index in [4.69, 9.17) is 10.5 Å². The minimum Gasteiger partial charge on any atom is -0.496 e. The molecule has 2 N–H and O–H groups in total. The first-order valence-corrected chi connectivity index (χ1v) is 6.60. The normalized spacial score (nSPS) is 11.1. The molecule has 0 saturated carbocycles. The predicted octanol–water partition coefficient (Wildman–Crippen LogP) is 2.67. The maximum atomic E-state index is 13.4. The number of methoxy groups -OCH3 is 1. The quantitative estimate of drug-likeness (QED) is 0.800. The lowest BCUT2D eigenvalue weighted by Gasteiger charge is -2.05. The predicted molar refractivity (Wildman–Crippen MR) is 72.9 cm³/mol. The van der Waals surface area contributed by atoms with Crippen LogP contribution in [0.25, 0.3) is 16.2 Å². The van der Waals surface area contributed by atoms with Gasteiger partial charge in [0.15, 0.2) is 4.96 Å². The van der Waals surface area contributed by atoms with Crippen LogP contribution in [0.15, 0.2) is 29.8 Å². The van der Waals surface area contributed by atoms with Gasteiger partial charge in [0.05, 0.1) is 12.8 Å². The van der Waals surface area contributed by atoms with Gasteiger partial charge in [-0.3, -0.25) is 4.40 Å². The van der Waals surface area contributed by atoms with Gasteiger partial charge < -0.3 is 10.5 Å². The molecule has 6 heteroatoms. The van der Waals surface area contributed by atoms with E-state index in [0.29, 0.717) is 23.6 Å². The van der Waals surface area contributed by atoms with E-state index in [1.165, 1.54) is 23.5 Å². The number of benzene rings is 1. The van der Waals surface area contributed by atoms with Gasteiger partial charge in [0.25, 0.3) is 0 Å². The zero-order chi connectivity index (χ0) is 13.4. The van der Waals surface area contributed by atoms with Crippen molar-refractivity contribution in [3.05, 3.63) is 41.3 Å². The first-order chi connectivity index (χ1) is 9.22. The van der Waals surface area contributed by atoms with E-state index in [1.807, 2.05) is 16.0 Å². The van der Waals surface area contributed by atoms with Gasteiger partial charge in [-0.25, -0.2) is 9.37 Å². The number of aromatic nitrogens is 2. The Morgan fingerprint density at radius 2 is 2.32 bits per heavy atom. The molecule has 0 unspecified atom stereocenters. The molecule has 0 atom stereocenters. The lowest BCUT2D eigenvalue weighted by atomic mass is 10.1. The molecular formula is C13H12FN3OS. The molecule has 0 aliphatic rings. The van der Waals surface area contributed by atoms with E-state index in [0.717, 1.165) is 10.7 Å². The molecule has 4 nitrogen and oxygen atoms in total. The Morgan fingerprint density at radius 1 is 1.47 bits per heavy atom. The van der Waals surface area contributed by atoms with Crippen molar-refractivity contribution in [3.63, 3.8) is 0 Å². The van der Waals surface area contributed by atoms with Crippen molar-refractivity contribution in [2.24, 2.45) is 5.73 Å². The Balaban J connectivity index is 2.18. The Bertz CT molecular complexity index is 735. The number of imidazole rings is 1. The fraction of sp³-hybridized carbons (Fsp3) is 0.154. The number of rotatable bonds is 3. The summed E-state index contributed by atoms with van der Waals surface area (Å²) in [5, 5.41) is 1.97. The molecule has 2 aromatic heterocycles. The Morgan fingerprint density at radius 3 is 3.05 bits per heavy atom. The van der Waals surface area contributed by atoms with Crippen LogP contribution >= 0.6 is 11.3 Å². The summed E-state index contributed by atoms with van der Waals surface area (Å²) in [5.74, 6) is 0.285. The van der Waals surface area contributed by atoms with Crippen LogP contribution in [-0.2, 0) is 6.54 Å². The number of thiazole rings is 1. The van der Waals surface area contributed by atoms with Gasteiger partial charge in [-0.1, -0.05) is 0 Å². The third-order valence-electron chi connectivity index (χ3n) is 2.93. The van der Waals surface area contributed by atoms with E-state index < -0.39 is 0 Å². The van der Waals surface area contributed by atoms with Gasteiger partial charge in [-0.05, 0) is 18.2 Å². The van der Waals surface area contributed by atoms with E-state index in [1.54, 1.807) is 13.2 Å². The summed E-state index contributed by atoms with van der Waals surface area (Å²) in [7, 11) is 1.56. The summed E-state index contributed by atoms with van der Waals surface area (Å²) in [5.41, 5.74) is 7.96. The summed E-state index contributed by atoms with van der Waals surface area (Å²) in [4.78, 5) is 5.32. The first-order valence-electron chi connectivity index (χ1n) is 5.72. The summed E-state index contributed by atoms with van der Waals surface area (Å²) in [6.45, 7) is 0.441. The zero-order valence-electron chi connectivity index (χ0n) is 10.3. The molecule has 0 saturated heterocycles. The second kappa shape index (κ2) is 4.64. The number of nitrogens with zero attached hydrogens (tertiary/aromatic N) is 2. The van der Waals surface area contributed by atoms with Crippen molar-refractivity contribution in [1.82, 2.24) is 9.38 Å². The zero-order valence-corrected chi connectivity index (χ0v) is 11.1. The average molecular weight is 277 g/mol. The van der Waals surface area contributed by atoms with Crippen LogP contribution in [0.3, 0.4) is 0 Å². The highest BCUT2D eigenvalue weighted by Crippen LogP contribution is 2.31. The highest BCUT2D eigenvalue weighted by molar-refractivity contribution is 7.15. The number of hydrogen-bond donors (Lipinski definition) is 1.